The number of fused-ring (bicyclic) bond motifs is 1. The van der Waals surface area contributed by atoms with Crippen molar-refractivity contribution in [3.63, 3.8) is 0 Å². The van der Waals surface area contributed by atoms with Gasteiger partial charge in [0.2, 0.25) is 0 Å². The highest BCUT2D eigenvalue weighted by Gasteiger charge is 2.41. The number of para-hydroxylation sites is 1. The Labute approximate surface area is 127 Å². The number of nitrogens with zero attached hydrogens (tertiary/aromatic N) is 1. The van der Waals surface area contributed by atoms with Crippen molar-refractivity contribution < 1.29 is 9.53 Å². The summed E-state index contributed by atoms with van der Waals surface area (Å²) in [6.45, 7) is 6.53. The summed E-state index contributed by atoms with van der Waals surface area (Å²) in [4.78, 5) is 14.4. The van der Waals surface area contributed by atoms with E-state index in [-0.39, 0.29) is 5.91 Å². The van der Waals surface area contributed by atoms with E-state index in [0.717, 1.165) is 18.5 Å². The fraction of sp³-hybridized carbons (Fsp3) is 0.588. The number of carbonyl (C=O) groups is 1. The Morgan fingerprint density at radius 2 is 1.90 bits per heavy atom. The largest absolute Gasteiger partial charge is 0.476 e. The maximum Gasteiger partial charge on any atom is 0.270 e. The van der Waals surface area contributed by atoms with Crippen LogP contribution in [-0.4, -0.2) is 18.1 Å². The van der Waals surface area contributed by atoms with Crippen molar-refractivity contribution in [3.05, 3.63) is 18.2 Å². The van der Waals surface area contributed by atoms with Crippen molar-refractivity contribution in [3.8, 4) is 5.75 Å². The molecular formula is C17H26N2O2. The molecule has 0 atom stereocenters. The fourth-order valence-electron chi connectivity index (χ4n) is 2.74. The molecule has 4 heteroatoms. The van der Waals surface area contributed by atoms with Crippen LogP contribution in [0.2, 0.25) is 0 Å². The van der Waals surface area contributed by atoms with Crippen LogP contribution in [0, 0.1) is 0 Å². The van der Waals surface area contributed by atoms with Gasteiger partial charge in [0.15, 0.2) is 5.60 Å². The fourth-order valence-corrected chi connectivity index (χ4v) is 2.74. The Hall–Kier alpha value is -1.71. The standard InChI is InChI=1S/C17H26N2O2/c1-4-5-6-7-8-12-19-15-13(18)10-9-11-14(15)21-17(2,3)16(19)20/h9-11H,4-8,12,18H2,1-3H3. The minimum atomic E-state index is -0.829. The normalized spacial score (nSPS) is 16.5. The third-order valence-corrected chi connectivity index (χ3v) is 3.91. The third kappa shape index (κ3) is 3.31. The second kappa shape index (κ2) is 6.37. The van der Waals surface area contributed by atoms with Gasteiger partial charge in [0, 0.05) is 6.54 Å². The molecule has 1 aromatic carbocycles. The van der Waals surface area contributed by atoms with Crippen molar-refractivity contribution in [2.45, 2.75) is 58.5 Å². The van der Waals surface area contributed by atoms with Gasteiger partial charge in [-0.2, -0.15) is 0 Å². The number of unbranched alkanes of at least 4 members (excludes halogenated alkanes) is 4. The van der Waals surface area contributed by atoms with Crippen LogP contribution in [0.4, 0.5) is 11.4 Å². The van der Waals surface area contributed by atoms with Crippen molar-refractivity contribution in [1.29, 1.82) is 0 Å². The predicted octanol–water partition coefficient (Wildman–Crippen LogP) is 3.74. The van der Waals surface area contributed by atoms with Crippen LogP contribution in [0.5, 0.6) is 5.75 Å². The second-order valence-electron chi connectivity index (χ2n) is 6.18. The first-order valence-corrected chi connectivity index (χ1v) is 7.87. The molecule has 1 aromatic rings. The maximum absolute atomic E-state index is 12.6. The highest BCUT2D eigenvalue weighted by Crippen LogP contribution is 2.41. The second-order valence-corrected chi connectivity index (χ2v) is 6.18. The first-order chi connectivity index (χ1) is 9.97. The molecule has 0 saturated heterocycles. The molecule has 0 bridgehead atoms. The molecule has 0 spiro atoms. The van der Waals surface area contributed by atoms with Gasteiger partial charge in [-0.3, -0.25) is 4.79 Å². The van der Waals surface area contributed by atoms with Gasteiger partial charge in [0.25, 0.3) is 5.91 Å². The Balaban J connectivity index is 2.16. The Bertz CT molecular complexity index is 512. The predicted molar refractivity (Wildman–Crippen MR) is 86.7 cm³/mol. The number of anilines is 2. The van der Waals surface area contributed by atoms with Gasteiger partial charge in [-0.05, 0) is 32.4 Å². The molecule has 1 aliphatic rings. The molecule has 0 fully saturated rings. The average molecular weight is 290 g/mol. The molecule has 0 aromatic heterocycles. The molecule has 0 radical (unpaired) electrons. The molecule has 1 heterocycles. The maximum atomic E-state index is 12.6. The molecule has 4 nitrogen and oxygen atoms in total. The molecule has 2 rings (SSSR count). The average Bonchev–Trinajstić information content (AvgIpc) is 2.42. The first-order valence-electron chi connectivity index (χ1n) is 7.87. The summed E-state index contributed by atoms with van der Waals surface area (Å²) >= 11 is 0. The van der Waals surface area contributed by atoms with Crippen LogP contribution in [0.25, 0.3) is 0 Å². The lowest BCUT2D eigenvalue weighted by atomic mass is 10.0. The monoisotopic (exact) mass is 290 g/mol. The minimum Gasteiger partial charge on any atom is -0.476 e. The molecule has 1 amide bonds. The number of hydrogen-bond donors (Lipinski definition) is 1. The van der Waals surface area contributed by atoms with E-state index >= 15 is 0 Å². The van der Waals surface area contributed by atoms with E-state index in [2.05, 4.69) is 6.92 Å². The van der Waals surface area contributed by atoms with E-state index in [1.54, 1.807) is 4.90 Å². The van der Waals surface area contributed by atoms with Gasteiger partial charge in [-0.15, -0.1) is 0 Å². The summed E-state index contributed by atoms with van der Waals surface area (Å²) in [5.41, 5.74) is 6.57. The lowest BCUT2D eigenvalue weighted by Crippen LogP contribution is -2.53. The third-order valence-electron chi connectivity index (χ3n) is 3.91. The van der Waals surface area contributed by atoms with Crippen LogP contribution in [0.15, 0.2) is 18.2 Å². The summed E-state index contributed by atoms with van der Waals surface area (Å²) in [6.07, 6.45) is 5.83. The highest BCUT2D eigenvalue weighted by molar-refractivity contribution is 6.04. The minimum absolute atomic E-state index is 0.0107. The van der Waals surface area contributed by atoms with Crippen molar-refractivity contribution in [2.75, 3.05) is 17.2 Å². The van der Waals surface area contributed by atoms with Crippen LogP contribution in [0.1, 0.15) is 52.9 Å². The van der Waals surface area contributed by atoms with Gasteiger partial charge < -0.3 is 15.4 Å². The summed E-state index contributed by atoms with van der Waals surface area (Å²) in [7, 11) is 0. The first kappa shape index (κ1) is 15.7. The van der Waals surface area contributed by atoms with Gasteiger partial charge >= 0.3 is 0 Å². The molecule has 116 valence electrons. The lowest BCUT2D eigenvalue weighted by molar-refractivity contribution is -0.132. The van der Waals surface area contributed by atoms with Gasteiger partial charge in [0.1, 0.15) is 11.4 Å². The van der Waals surface area contributed by atoms with Gasteiger partial charge in [-0.25, -0.2) is 0 Å². The summed E-state index contributed by atoms with van der Waals surface area (Å²) < 4.78 is 5.82. The number of benzene rings is 1. The van der Waals surface area contributed by atoms with Crippen LogP contribution in [0.3, 0.4) is 0 Å². The molecule has 2 N–H and O–H groups in total. The van der Waals surface area contributed by atoms with Crippen LogP contribution < -0.4 is 15.4 Å². The van der Waals surface area contributed by atoms with Crippen molar-refractivity contribution in [2.24, 2.45) is 0 Å². The Kier molecular flexibility index (Phi) is 4.76. The zero-order valence-electron chi connectivity index (χ0n) is 13.3. The molecular weight excluding hydrogens is 264 g/mol. The van der Waals surface area contributed by atoms with Gasteiger partial charge in [-0.1, -0.05) is 38.7 Å². The van der Waals surface area contributed by atoms with E-state index in [1.165, 1.54) is 19.3 Å². The van der Waals surface area contributed by atoms with Gasteiger partial charge in [0.05, 0.1) is 5.69 Å². The molecule has 0 unspecified atom stereocenters. The van der Waals surface area contributed by atoms with E-state index < -0.39 is 5.60 Å². The SMILES string of the molecule is CCCCCCCN1C(=O)C(C)(C)Oc2cccc(N)c21. The zero-order valence-corrected chi connectivity index (χ0v) is 13.3. The topological polar surface area (TPSA) is 55.6 Å². The molecule has 1 aliphatic heterocycles. The molecule has 0 saturated carbocycles. The number of nitrogen functional groups attached to an aromatic ring is 1. The number of amides is 1. The number of nitrogens with two attached hydrogens (primary N) is 1. The van der Waals surface area contributed by atoms with Crippen molar-refractivity contribution in [1.82, 2.24) is 0 Å². The van der Waals surface area contributed by atoms with E-state index in [1.807, 2.05) is 32.0 Å². The highest BCUT2D eigenvalue weighted by atomic mass is 16.5. The van der Waals surface area contributed by atoms with E-state index in [0.29, 0.717) is 18.0 Å². The Morgan fingerprint density at radius 3 is 2.62 bits per heavy atom. The van der Waals surface area contributed by atoms with Crippen LogP contribution >= 0.6 is 0 Å². The number of ether oxygens (including phenoxy) is 1. The molecule has 21 heavy (non-hydrogen) atoms. The number of hydrogen-bond acceptors (Lipinski definition) is 3. The Morgan fingerprint density at radius 1 is 1.19 bits per heavy atom. The molecule has 0 aliphatic carbocycles. The summed E-state index contributed by atoms with van der Waals surface area (Å²) in [5.74, 6) is 0.691. The smallest absolute Gasteiger partial charge is 0.270 e. The quantitative estimate of drug-likeness (QED) is 0.641. The summed E-state index contributed by atoms with van der Waals surface area (Å²) in [5, 5.41) is 0. The van der Waals surface area contributed by atoms with E-state index in [4.69, 9.17) is 10.5 Å². The summed E-state index contributed by atoms with van der Waals surface area (Å²) in [6, 6.07) is 5.56. The van der Waals surface area contributed by atoms with E-state index in [9.17, 15) is 4.79 Å². The zero-order chi connectivity index (χ0) is 15.5. The lowest BCUT2D eigenvalue weighted by Gasteiger charge is -2.39. The number of rotatable bonds is 6. The van der Waals surface area contributed by atoms with Crippen molar-refractivity contribution >= 4 is 17.3 Å². The van der Waals surface area contributed by atoms with Crippen LogP contribution in [-0.2, 0) is 4.79 Å². The number of carbonyl (C=O) groups excluding carboxylic acids is 1.